The molecular weight excluding hydrogens is 467 g/mol. The highest BCUT2D eigenvalue weighted by molar-refractivity contribution is 7.88. The summed E-state index contributed by atoms with van der Waals surface area (Å²) in [6, 6.07) is 10.6. The van der Waals surface area contributed by atoms with Gasteiger partial charge in [-0.05, 0) is 49.7 Å². The van der Waals surface area contributed by atoms with E-state index in [2.05, 4.69) is 21.8 Å². The fourth-order valence-corrected chi connectivity index (χ4v) is 5.97. The highest BCUT2D eigenvalue weighted by atomic mass is 32.2. The standard InChI is InChI=1S/C24H30F3N3O3S/c1-34(31,32)29-21-12-14-30(22-11-13-28-15-20(22)24(25,26)27)23(21)16-33-19-9-7-18(8-10-19)17-5-3-2-4-6-17/h2-6,11,13,15,18-19,21,23,29H,7-10,12,14,16H2,1H3/t18?,19?,21-,23-/m0/s1. The van der Waals surface area contributed by atoms with Crippen LogP contribution in [0.25, 0.3) is 0 Å². The highest BCUT2D eigenvalue weighted by Gasteiger charge is 2.42. The van der Waals surface area contributed by atoms with E-state index in [9.17, 15) is 21.6 Å². The van der Waals surface area contributed by atoms with E-state index in [1.165, 1.54) is 17.8 Å². The van der Waals surface area contributed by atoms with Crippen LogP contribution in [0.5, 0.6) is 0 Å². The molecule has 0 spiro atoms. The largest absolute Gasteiger partial charge is 0.419 e. The van der Waals surface area contributed by atoms with Crippen LogP contribution >= 0.6 is 0 Å². The summed E-state index contributed by atoms with van der Waals surface area (Å²) in [6.07, 6.45) is 2.72. The topological polar surface area (TPSA) is 71.5 Å². The van der Waals surface area contributed by atoms with Crippen molar-refractivity contribution in [1.82, 2.24) is 9.71 Å². The van der Waals surface area contributed by atoms with Crippen LogP contribution in [0.15, 0.2) is 48.8 Å². The number of rotatable bonds is 7. The summed E-state index contributed by atoms with van der Waals surface area (Å²) >= 11 is 0. The second kappa shape index (κ2) is 10.2. The molecule has 1 aromatic heterocycles. The Morgan fingerprint density at radius 2 is 1.79 bits per heavy atom. The first-order valence-corrected chi connectivity index (χ1v) is 13.4. The third-order valence-electron chi connectivity index (χ3n) is 6.77. The Kier molecular flexibility index (Phi) is 7.49. The predicted molar refractivity (Wildman–Crippen MR) is 124 cm³/mol. The van der Waals surface area contributed by atoms with Gasteiger partial charge in [0, 0.05) is 25.0 Å². The first kappa shape index (κ1) is 24.9. The number of aromatic nitrogens is 1. The minimum atomic E-state index is -4.56. The number of hydrogen-bond donors (Lipinski definition) is 1. The van der Waals surface area contributed by atoms with Crippen molar-refractivity contribution in [3.05, 3.63) is 59.9 Å². The van der Waals surface area contributed by atoms with E-state index in [-0.39, 0.29) is 24.9 Å². The average molecular weight is 498 g/mol. The monoisotopic (exact) mass is 497 g/mol. The van der Waals surface area contributed by atoms with Crippen molar-refractivity contribution in [2.45, 2.75) is 62.4 Å². The molecule has 0 unspecified atom stereocenters. The van der Waals surface area contributed by atoms with Gasteiger partial charge in [0.2, 0.25) is 10.0 Å². The van der Waals surface area contributed by atoms with Gasteiger partial charge in [-0.15, -0.1) is 0 Å². The van der Waals surface area contributed by atoms with Crippen molar-refractivity contribution >= 4 is 15.7 Å². The molecule has 1 saturated carbocycles. The van der Waals surface area contributed by atoms with Gasteiger partial charge in [-0.3, -0.25) is 4.98 Å². The van der Waals surface area contributed by atoms with E-state index >= 15 is 0 Å². The van der Waals surface area contributed by atoms with Gasteiger partial charge in [0.05, 0.1) is 36.3 Å². The molecule has 1 aliphatic carbocycles. The van der Waals surface area contributed by atoms with Crippen LogP contribution in [-0.2, 0) is 20.9 Å². The van der Waals surface area contributed by atoms with Gasteiger partial charge < -0.3 is 9.64 Å². The fraction of sp³-hybridized carbons (Fsp3) is 0.542. The lowest BCUT2D eigenvalue weighted by atomic mass is 9.83. The fourth-order valence-electron chi connectivity index (χ4n) is 5.15. The van der Waals surface area contributed by atoms with Gasteiger partial charge in [0.15, 0.2) is 0 Å². The Hall–Kier alpha value is -2.17. The molecule has 34 heavy (non-hydrogen) atoms. The molecule has 2 aliphatic rings. The number of nitrogens with one attached hydrogen (secondary N) is 1. The minimum Gasteiger partial charge on any atom is -0.376 e. The van der Waals surface area contributed by atoms with Crippen LogP contribution in [0, 0.1) is 0 Å². The number of anilines is 1. The Bertz CT molecular complexity index is 1060. The summed E-state index contributed by atoms with van der Waals surface area (Å²) in [5, 5.41) is 0. The van der Waals surface area contributed by atoms with Gasteiger partial charge in [-0.2, -0.15) is 13.2 Å². The molecule has 0 amide bonds. The second-order valence-corrected chi connectivity index (χ2v) is 10.9. The van der Waals surface area contributed by atoms with Gasteiger partial charge in [-0.1, -0.05) is 30.3 Å². The zero-order valence-corrected chi connectivity index (χ0v) is 19.9. The van der Waals surface area contributed by atoms with Crippen molar-refractivity contribution < 1.29 is 26.3 Å². The lowest BCUT2D eigenvalue weighted by molar-refractivity contribution is -0.137. The van der Waals surface area contributed by atoms with E-state index in [1.807, 2.05) is 18.2 Å². The van der Waals surface area contributed by atoms with E-state index < -0.39 is 33.8 Å². The van der Waals surface area contributed by atoms with Crippen LogP contribution in [0.4, 0.5) is 18.9 Å². The molecule has 186 valence electrons. The smallest absolute Gasteiger partial charge is 0.376 e. The van der Waals surface area contributed by atoms with E-state index in [4.69, 9.17) is 4.74 Å². The number of nitrogens with zero attached hydrogens (tertiary/aromatic N) is 2. The maximum absolute atomic E-state index is 13.6. The minimum absolute atomic E-state index is 0.000762. The lowest BCUT2D eigenvalue weighted by Crippen LogP contribution is -2.48. The number of hydrogen-bond acceptors (Lipinski definition) is 5. The Morgan fingerprint density at radius 1 is 1.09 bits per heavy atom. The van der Waals surface area contributed by atoms with Crippen molar-refractivity contribution in [3.63, 3.8) is 0 Å². The molecule has 2 aromatic rings. The molecule has 6 nitrogen and oxygen atoms in total. The zero-order chi connectivity index (χ0) is 24.3. The first-order valence-electron chi connectivity index (χ1n) is 11.5. The third kappa shape index (κ3) is 6.09. The Morgan fingerprint density at radius 3 is 2.44 bits per heavy atom. The predicted octanol–water partition coefficient (Wildman–Crippen LogP) is 4.34. The Labute approximate surface area is 198 Å². The maximum atomic E-state index is 13.6. The molecule has 1 aliphatic heterocycles. The van der Waals surface area contributed by atoms with Crippen LogP contribution in [0.3, 0.4) is 0 Å². The highest BCUT2D eigenvalue weighted by Crippen LogP contribution is 2.39. The number of pyridine rings is 1. The molecule has 0 radical (unpaired) electrons. The van der Waals surface area contributed by atoms with Crippen LogP contribution in [0.1, 0.15) is 49.1 Å². The molecule has 4 rings (SSSR count). The van der Waals surface area contributed by atoms with Crippen LogP contribution in [0.2, 0.25) is 0 Å². The Balaban J connectivity index is 1.46. The van der Waals surface area contributed by atoms with Crippen molar-refractivity contribution in [2.24, 2.45) is 0 Å². The van der Waals surface area contributed by atoms with Crippen LogP contribution in [-0.4, -0.2) is 51.0 Å². The molecule has 2 fully saturated rings. The SMILES string of the molecule is CS(=O)(=O)N[C@H]1CCN(c2ccncc2C(F)(F)F)[C@H]1COC1CCC(c2ccccc2)CC1. The summed E-state index contributed by atoms with van der Waals surface area (Å²) in [5.41, 5.74) is 0.489. The average Bonchev–Trinajstić information content (AvgIpc) is 3.18. The summed E-state index contributed by atoms with van der Waals surface area (Å²) < 4.78 is 73.6. The van der Waals surface area contributed by atoms with Gasteiger partial charge in [-0.25, -0.2) is 13.1 Å². The molecule has 1 aromatic carbocycles. The molecule has 10 heteroatoms. The quantitative estimate of drug-likeness (QED) is 0.616. The molecular formula is C24H30F3N3O3S. The summed E-state index contributed by atoms with van der Waals surface area (Å²) in [4.78, 5) is 5.26. The van der Waals surface area contributed by atoms with E-state index in [1.54, 1.807) is 4.90 Å². The summed E-state index contributed by atoms with van der Waals surface area (Å²) in [6.45, 7) is 0.433. The summed E-state index contributed by atoms with van der Waals surface area (Å²) in [5.74, 6) is 0.481. The molecule has 1 N–H and O–H groups in total. The number of alkyl halides is 3. The molecule has 2 atom stereocenters. The van der Waals surface area contributed by atoms with Crippen molar-refractivity contribution in [1.29, 1.82) is 0 Å². The van der Waals surface area contributed by atoms with Crippen molar-refractivity contribution in [2.75, 3.05) is 24.3 Å². The lowest BCUT2D eigenvalue weighted by Gasteiger charge is -2.34. The molecule has 1 saturated heterocycles. The van der Waals surface area contributed by atoms with E-state index in [0.29, 0.717) is 12.3 Å². The number of benzene rings is 1. The van der Waals surface area contributed by atoms with Crippen LogP contribution < -0.4 is 9.62 Å². The third-order valence-corrected chi connectivity index (χ3v) is 7.50. The van der Waals surface area contributed by atoms with E-state index in [0.717, 1.165) is 38.1 Å². The van der Waals surface area contributed by atoms with Gasteiger partial charge in [0.1, 0.15) is 0 Å². The number of sulfonamides is 1. The zero-order valence-electron chi connectivity index (χ0n) is 19.0. The first-order chi connectivity index (χ1) is 16.1. The maximum Gasteiger partial charge on any atom is 0.419 e. The summed E-state index contributed by atoms with van der Waals surface area (Å²) in [7, 11) is -3.53. The van der Waals surface area contributed by atoms with Crippen molar-refractivity contribution in [3.8, 4) is 0 Å². The number of ether oxygens (including phenoxy) is 1. The van der Waals surface area contributed by atoms with Gasteiger partial charge >= 0.3 is 6.18 Å². The normalized spacial score (nSPS) is 26.1. The molecule has 2 heterocycles. The molecule has 0 bridgehead atoms. The number of halogens is 3. The second-order valence-electron chi connectivity index (χ2n) is 9.15. The van der Waals surface area contributed by atoms with Gasteiger partial charge in [0.25, 0.3) is 0 Å².